The molecular weight excluding hydrogens is 449 g/mol. The summed E-state index contributed by atoms with van der Waals surface area (Å²) in [6.45, 7) is 6.09. The molecule has 0 bridgehead atoms. The molecule has 1 N–H and O–H groups in total. The molecule has 3 unspecified atom stereocenters. The van der Waals surface area contributed by atoms with Gasteiger partial charge in [0, 0.05) is 45.3 Å². The van der Waals surface area contributed by atoms with Crippen molar-refractivity contribution in [2.24, 2.45) is 18.0 Å². The van der Waals surface area contributed by atoms with Gasteiger partial charge in [-0.2, -0.15) is 5.10 Å². The van der Waals surface area contributed by atoms with Gasteiger partial charge in [-0.15, -0.1) is 24.0 Å². The van der Waals surface area contributed by atoms with E-state index in [-0.39, 0.29) is 24.0 Å². The van der Waals surface area contributed by atoms with Crippen LogP contribution in [0.4, 0.5) is 0 Å². The standard InChI is InChI=1S/C21H29N5.HI/c1-3-22-21(23-12-18-11-20(18)16-7-5-4-6-8-16)26-10-9-17(15-26)19-13-24-25(2)14-19;/h4-8,13-14,17-18,20H,3,9-12,15H2,1-2H3,(H,22,23);1H. The van der Waals surface area contributed by atoms with Gasteiger partial charge in [0.25, 0.3) is 0 Å². The SMILES string of the molecule is CCNC(=NCC1CC1c1ccccc1)N1CCC(c2cnn(C)c2)C1.I. The van der Waals surface area contributed by atoms with Gasteiger partial charge in [0.1, 0.15) is 0 Å². The maximum absolute atomic E-state index is 4.98. The molecule has 146 valence electrons. The number of nitrogens with one attached hydrogen (secondary N) is 1. The minimum absolute atomic E-state index is 0. The van der Waals surface area contributed by atoms with Crippen LogP contribution < -0.4 is 5.32 Å². The van der Waals surface area contributed by atoms with Crippen molar-refractivity contribution in [2.75, 3.05) is 26.2 Å². The van der Waals surface area contributed by atoms with E-state index in [1.54, 1.807) is 0 Å². The summed E-state index contributed by atoms with van der Waals surface area (Å²) in [5.41, 5.74) is 2.81. The van der Waals surface area contributed by atoms with Crippen LogP contribution in [-0.2, 0) is 7.05 Å². The van der Waals surface area contributed by atoms with Crippen LogP contribution in [0, 0.1) is 5.92 Å². The number of rotatable bonds is 5. The van der Waals surface area contributed by atoms with E-state index in [0.717, 1.165) is 32.1 Å². The second-order valence-corrected chi connectivity index (χ2v) is 7.59. The van der Waals surface area contributed by atoms with Gasteiger partial charge in [-0.05, 0) is 42.7 Å². The maximum Gasteiger partial charge on any atom is 0.193 e. The van der Waals surface area contributed by atoms with Gasteiger partial charge in [0.2, 0.25) is 0 Å². The van der Waals surface area contributed by atoms with E-state index in [4.69, 9.17) is 4.99 Å². The highest BCUT2D eigenvalue weighted by molar-refractivity contribution is 14.0. The molecular formula is C21H30IN5. The number of aryl methyl sites for hydroxylation is 1. The topological polar surface area (TPSA) is 45.5 Å². The van der Waals surface area contributed by atoms with Crippen molar-refractivity contribution < 1.29 is 0 Å². The third kappa shape index (κ3) is 4.83. The zero-order valence-corrected chi connectivity index (χ0v) is 18.5. The molecule has 0 amide bonds. The maximum atomic E-state index is 4.98. The summed E-state index contributed by atoms with van der Waals surface area (Å²) < 4.78 is 1.90. The van der Waals surface area contributed by atoms with E-state index in [1.165, 1.54) is 24.0 Å². The van der Waals surface area contributed by atoms with Gasteiger partial charge < -0.3 is 10.2 Å². The highest BCUT2D eigenvalue weighted by Gasteiger charge is 2.38. The first-order chi connectivity index (χ1) is 12.7. The smallest absolute Gasteiger partial charge is 0.193 e. The number of benzene rings is 1. The summed E-state index contributed by atoms with van der Waals surface area (Å²) in [6.07, 6.45) is 6.59. The molecule has 1 saturated carbocycles. The van der Waals surface area contributed by atoms with Crippen LogP contribution in [0.5, 0.6) is 0 Å². The second kappa shape index (κ2) is 9.08. The van der Waals surface area contributed by atoms with E-state index in [9.17, 15) is 0 Å². The van der Waals surface area contributed by atoms with E-state index in [0.29, 0.717) is 17.8 Å². The number of aromatic nitrogens is 2. The van der Waals surface area contributed by atoms with Crippen LogP contribution in [0.25, 0.3) is 0 Å². The van der Waals surface area contributed by atoms with Crippen molar-refractivity contribution in [3.63, 3.8) is 0 Å². The van der Waals surface area contributed by atoms with Crippen molar-refractivity contribution in [3.05, 3.63) is 53.9 Å². The fraction of sp³-hybridized carbons (Fsp3) is 0.524. The number of hydrogen-bond donors (Lipinski definition) is 1. The van der Waals surface area contributed by atoms with Gasteiger partial charge in [0.15, 0.2) is 5.96 Å². The summed E-state index contributed by atoms with van der Waals surface area (Å²) >= 11 is 0. The van der Waals surface area contributed by atoms with E-state index in [1.807, 2.05) is 17.9 Å². The van der Waals surface area contributed by atoms with E-state index < -0.39 is 0 Å². The predicted octanol–water partition coefficient (Wildman–Crippen LogP) is 3.60. The van der Waals surface area contributed by atoms with Crippen LogP contribution in [0.3, 0.4) is 0 Å². The predicted molar refractivity (Wildman–Crippen MR) is 121 cm³/mol. The Kier molecular flexibility index (Phi) is 6.78. The Bertz CT molecular complexity index is 757. The number of likely N-dealkylation sites (tertiary alicyclic amines) is 1. The molecule has 1 saturated heterocycles. The highest BCUT2D eigenvalue weighted by atomic mass is 127. The Morgan fingerprint density at radius 2 is 2.07 bits per heavy atom. The van der Waals surface area contributed by atoms with Crippen LogP contribution >= 0.6 is 24.0 Å². The number of hydrogen-bond acceptors (Lipinski definition) is 2. The Labute approximate surface area is 179 Å². The molecule has 2 heterocycles. The molecule has 6 heteroatoms. The molecule has 1 aliphatic carbocycles. The second-order valence-electron chi connectivity index (χ2n) is 7.59. The molecule has 3 atom stereocenters. The molecule has 5 nitrogen and oxygen atoms in total. The van der Waals surface area contributed by atoms with Crippen LogP contribution in [0.15, 0.2) is 47.7 Å². The fourth-order valence-corrected chi connectivity index (χ4v) is 4.06. The highest BCUT2D eigenvalue weighted by Crippen LogP contribution is 2.47. The Hall–Kier alpha value is -1.57. The molecule has 1 aromatic carbocycles. The number of halogens is 1. The molecule has 2 aromatic rings. The monoisotopic (exact) mass is 479 g/mol. The first-order valence-corrected chi connectivity index (χ1v) is 9.81. The van der Waals surface area contributed by atoms with Gasteiger partial charge >= 0.3 is 0 Å². The molecule has 0 radical (unpaired) electrons. The summed E-state index contributed by atoms with van der Waals surface area (Å²) in [4.78, 5) is 7.39. The largest absolute Gasteiger partial charge is 0.357 e. The lowest BCUT2D eigenvalue weighted by Crippen LogP contribution is -2.40. The molecule has 2 fully saturated rings. The first kappa shape index (κ1) is 20.2. The van der Waals surface area contributed by atoms with Gasteiger partial charge in [-0.1, -0.05) is 30.3 Å². The summed E-state index contributed by atoms with van der Waals surface area (Å²) in [5, 5.41) is 7.82. The molecule has 1 aromatic heterocycles. The zero-order valence-electron chi connectivity index (χ0n) is 16.2. The fourth-order valence-electron chi connectivity index (χ4n) is 4.06. The van der Waals surface area contributed by atoms with Crippen molar-refractivity contribution in [1.29, 1.82) is 0 Å². The molecule has 27 heavy (non-hydrogen) atoms. The Morgan fingerprint density at radius 3 is 2.78 bits per heavy atom. The van der Waals surface area contributed by atoms with Gasteiger partial charge in [-0.25, -0.2) is 0 Å². The Balaban J connectivity index is 0.00000210. The van der Waals surface area contributed by atoms with E-state index >= 15 is 0 Å². The minimum atomic E-state index is 0. The average Bonchev–Trinajstić information content (AvgIpc) is 3.04. The Morgan fingerprint density at radius 1 is 1.26 bits per heavy atom. The molecule has 2 aliphatic rings. The van der Waals surface area contributed by atoms with Crippen molar-refractivity contribution in [3.8, 4) is 0 Å². The molecule has 1 aliphatic heterocycles. The van der Waals surface area contributed by atoms with E-state index in [2.05, 4.69) is 58.8 Å². The van der Waals surface area contributed by atoms with Crippen molar-refractivity contribution >= 4 is 29.9 Å². The van der Waals surface area contributed by atoms with Gasteiger partial charge in [0.05, 0.1) is 6.20 Å². The lowest BCUT2D eigenvalue weighted by atomic mass is 10.0. The average molecular weight is 479 g/mol. The summed E-state index contributed by atoms with van der Waals surface area (Å²) in [6, 6.07) is 10.9. The van der Waals surface area contributed by atoms with Crippen LogP contribution in [0.1, 0.15) is 42.7 Å². The van der Waals surface area contributed by atoms with Crippen LogP contribution in [0.2, 0.25) is 0 Å². The third-order valence-corrected chi connectivity index (χ3v) is 5.64. The summed E-state index contributed by atoms with van der Waals surface area (Å²) in [5.74, 6) is 3.04. The lowest BCUT2D eigenvalue weighted by Gasteiger charge is -2.21. The van der Waals surface area contributed by atoms with Crippen LogP contribution in [-0.4, -0.2) is 46.8 Å². The summed E-state index contributed by atoms with van der Waals surface area (Å²) in [7, 11) is 1.99. The number of aliphatic imine (C=N–C) groups is 1. The lowest BCUT2D eigenvalue weighted by molar-refractivity contribution is 0.485. The molecule has 4 rings (SSSR count). The molecule has 0 spiro atoms. The minimum Gasteiger partial charge on any atom is -0.357 e. The van der Waals surface area contributed by atoms with Crippen molar-refractivity contribution in [1.82, 2.24) is 20.0 Å². The zero-order chi connectivity index (χ0) is 17.9. The quantitative estimate of drug-likeness (QED) is 0.405. The van der Waals surface area contributed by atoms with Crippen molar-refractivity contribution in [2.45, 2.75) is 31.6 Å². The first-order valence-electron chi connectivity index (χ1n) is 9.81. The number of nitrogens with zero attached hydrogens (tertiary/aromatic N) is 4. The normalized spacial score (nSPS) is 24.6. The van der Waals surface area contributed by atoms with Gasteiger partial charge in [-0.3, -0.25) is 9.67 Å². The third-order valence-electron chi connectivity index (χ3n) is 5.64. The number of guanidine groups is 1.